The number of carboxylic acid groups (broad SMARTS) is 1. The predicted octanol–water partition coefficient (Wildman–Crippen LogP) is -5.86. The van der Waals surface area contributed by atoms with E-state index in [0.29, 0.717) is 19.4 Å². The number of aliphatic carboxylic acids is 1. The molecule has 12 N–H and O–H groups in total. The average molecular weight is 233 g/mol. The number of nitrogens with zero attached hydrogens (tertiary/aromatic N) is 1. The van der Waals surface area contributed by atoms with Crippen LogP contribution in [0.25, 0.3) is 0 Å². The van der Waals surface area contributed by atoms with Crippen LogP contribution in [0.2, 0.25) is 0 Å². The van der Waals surface area contributed by atoms with E-state index in [-0.39, 0.29) is 11.9 Å². The number of carbonyl (C=O) groups excluding carboxylic acids is 1. The van der Waals surface area contributed by atoms with Gasteiger partial charge in [0.05, 0.1) is 5.97 Å². The van der Waals surface area contributed by atoms with Crippen molar-refractivity contribution >= 4 is 17.9 Å². The molecule has 0 heterocycles. The molecule has 0 amide bonds. The van der Waals surface area contributed by atoms with Gasteiger partial charge in [0.2, 0.25) is 0 Å². The summed E-state index contributed by atoms with van der Waals surface area (Å²) in [5, 5.41) is 14.7. The van der Waals surface area contributed by atoms with Crippen molar-refractivity contribution < 1.29 is 15.3 Å². The molecule has 0 aromatic carbocycles. The second-order valence-corrected chi connectivity index (χ2v) is 2.87. The monoisotopic (exact) mass is 233 g/mol. The standard InChI is InChI=1S/C6H14N4O2.CH5N3/c7-4(5(11)12)2-1-3-10-6(8)9;2-1(3)4/h4H,1-3,7H2,(H,11,12)(H4,8,9,10);(H5,2,3,4)/t4-;/m0./s1. The lowest BCUT2D eigenvalue weighted by Crippen LogP contribution is -2.51. The summed E-state index contributed by atoms with van der Waals surface area (Å²) >= 11 is 0. The van der Waals surface area contributed by atoms with Gasteiger partial charge in [-0.25, -0.2) is 0 Å². The van der Waals surface area contributed by atoms with Crippen LogP contribution in [-0.4, -0.2) is 30.5 Å². The lowest BCUT2D eigenvalue weighted by Gasteiger charge is -2.10. The van der Waals surface area contributed by atoms with Gasteiger partial charge in [-0.05, 0) is 12.8 Å². The van der Waals surface area contributed by atoms with Crippen molar-refractivity contribution in [3.63, 3.8) is 0 Å². The van der Waals surface area contributed by atoms with Crippen LogP contribution in [-0.2, 0) is 4.79 Å². The zero-order valence-corrected chi connectivity index (χ0v) is 8.93. The highest BCUT2D eigenvalue weighted by Gasteiger charge is 2.01. The van der Waals surface area contributed by atoms with Crippen molar-refractivity contribution in [2.75, 3.05) is 6.54 Å². The van der Waals surface area contributed by atoms with Crippen LogP contribution in [0.4, 0.5) is 0 Å². The summed E-state index contributed by atoms with van der Waals surface area (Å²) in [6.07, 6.45) is 0.853. The Balaban J connectivity index is 0. The van der Waals surface area contributed by atoms with Crippen molar-refractivity contribution in [2.45, 2.75) is 18.9 Å². The molecule has 0 bridgehead atoms. The number of carbonyl (C=O) groups is 1. The lowest BCUT2D eigenvalue weighted by molar-refractivity contribution is -0.307. The number of nitrogens with two attached hydrogens (primary N) is 6. The molecule has 0 rings (SSSR count). The Bertz CT molecular complexity index is 245. The Kier molecular flexibility index (Phi) is 9.76. The van der Waals surface area contributed by atoms with E-state index in [9.17, 15) is 9.90 Å². The summed E-state index contributed by atoms with van der Waals surface area (Å²) in [6, 6.07) is -0.931. The van der Waals surface area contributed by atoms with Crippen molar-refractivity contribution in [1.29, 1.82) is 0 Å². The fraction of sp³-hybridized carbons (Fsp3) is 0.571. The van der Waals surface area contributed by atoms with Gasteiger partial charge >= 0.3 is 5.96 Å². The highest BCUT2D eigenvalue weighted by molar-refractivity contribution is 5.75. The summed E-state index contributed by atoms with van der Waals surface area (Å²) in [5.74, 6) is -1.34. The minimum atomic E-state index is -1.25. The maximum Gasteiger partial charge on any atom is 0.336 e. The molecular formula is C7H19N7O2. The molecule has 0 saturated heterocycles. The largest absolute Gasteiger partial charge is 0.548 e. The van der Waals surface area contributed by atoms with E-state index in [1.807, 2.05) is 0 Å². The summed E-state index contributed by atoms with van der Waals surface area (Å²) in [7, 11) is 0. The van der Waals surface area contributed by atoms with Crippen LogP contribution < -0.4 is 39.2 Å². The topological polar surface area (TPSA) is 208 Å². The third-order valence-electron chi connectivity index (χ3n) is 1.27. The molecule has 0 aromatic rings. The highest BCUT2D eigenvalue weighted by atomic mass is 16.4. The van der Waals surface area contributed by atoms with E-state index in [0.717, 1.165) is 0 Å². The number of carboxylic acids is 1. The Hall–Kier alpha value is -2.03. The lowest BCUT2D eigenvalue weighted by atomic mass is 10.2. The molecule has 0 spiro atoms. The first-order valence-corrected chi connectivity index (χ1v) is 4.42. The number of hydrogen-bond donors (Lipinski definition) is 6. The van der Waals surface area contributed by atoms with E-state index < -0.39 is 12.0 Å². The molecule has 0 saturated carbocycles. The Morgan fingerprint density at radius 3 is 2.06 bits per heavy atom. The van der Waals surface area contributed by atoms with Crippen molar-refractivity contribution in [3.8, 4) is 0 Å². The maximum atomic E-state index is 10.1. The van der Waals surface area contributed by atoms with E-state index >= 15 is 0 Å². The fourth-order valence-electron chi connectivity index (χ4n) is 0.637. The number of guanidine groups is 2. The molecule has 0 aromatic heterocycles. The molecule has 0 radical (unpaired) electrons. The van der Waals surface area contributed by atoms with E-state index in [2.05, 4.69) is 21.9 Å². The van der Waals surface area contributed by atoms with Gasteiger partial charge in [-0.15, -0.1) is 0 Å². The summed E-state index contributed by atoms with van der Waals surface area (Å²) in [4.78, 5) is 13.8. The van der Waals surface area contributed by atoms with Gasteiger partial charge in [-0.2, -0.15) is 0 Å². The first kappa shape index (κ1) is 16.4. The molecular weight excluding hydrogens is 214 g/mol. The van der Waals surface area contributed by atoms with Crippen molar-refractivity contribution in [2.24, 2.45) is 33.7 Å². The molecule has 0 unspecified atom stereocenters. The SMILES string of the molecule is NC(N)=NCCC[C@H](N)C(=O)[O-].NC(N)=[NH2+]. The van der Waals surface area contributed by atoms with Crippen LogP contribution in [0, 0.1) is 0 Å². The van der Waals surface area contributed by atoms with Gasteiger partial charge in [-0.3, -0.25) is 21.9 Å². The molecule has 1 atom stereocenters. The molecule has 9 nitrogen and oxygen atoms in total. The minimum absolute atomic E-state index is 0.00276. The summed E-state index contributed by atoms with van der Waals surface area (Å²) < 4.78 is 0. The van der Waals surface area contributed by atoms with Gasteiger partial charge in [-0.1, -0.05) is 0 Å². The zero-order chi connectivity index (χ0) is 13.1. The van der Waals surface area contributed by atoms with Crippen LogP contribution >= 0.6 is 0 Å². The molecule has 9 heteroatoms. The molecule has 0 aliphatic rings. The van der Waals surface area contributed by atoms with Gasteiger partial charge < -0.3 is 27.1 Å². The quantitative estimate of drug-likeness (QED) is 0.154. The zero-order valence-electron chi connectivity index (χ0n) is 8.93. The fourth-order valence-corrected chi connectivity index (χ4v) is 0.637. The Labute approximate surface area is 93.2 Å². The third-order valence-corrected chi connectivity index (χ3v) is 1.27. The maximum absolute atomic E-state index is 10.1. The number of hydrogen-bond acceptors (Lipinski definition) is 4. The highest BCUT2D eigenvalue weighted by Crippen LogP contribution is 1.93. The smallest absolute Gasteiger partial charge is 0.336 e. The second kappa shape index (κ2) is 9.52. The minimum Gasteiger partial charge on any atom is -0.548 e. The van der Waals surface area contributed by atoms with Crippen LogP contribution in [0.1, 0.15) is 12.8 Å². The summed E-state index contributed by atoms with van der Waals surface area (Å²) in [6.45, 7) is 0.392. The molecule has 16 heavy (non-hydrogen) atoms. The first-order chi connectivity index (χ1) is 7.27. The van der Waals surface area contributed by atoms with E-state index in [1.54, 1.807) is 0 Å². The van der Waals surface area contributed by atoms with E-state index in [1.165, 1.54) is 0 Å². The van der Waals surface area contributed by atoms with E-state index in [4.69, 9.17) is 17.2 Å². The van der Waals surface area contributed by atoms with Crippen molar-refractivity contribution in [1.82, 2.24) is 0 Å². The molecule has 0 aliphatic heterocycles. The summed E-state index contributed by atoms with van der Waals surface area (Å²) in [5.41, 5.74) is 24.4. The normalized spacial score (nSPS) is 10.6. The average Bonchev–Trinajstić information content (AvgIpc) is 2.10. The predicted molar refractivity (Wildman–Crippen MR) is 58.2 cm³/mol. The van der Waals surface area contributed by atoms with Gasteiger partial charge in [0, 0.05) is 12.6 Å². The van der Waals surface area contributed by atoms with Crippen LogP contribution in [0.5, 0.6) is 0 Å². The van der Waals surface area contributed by atoms with Crippen LogP contribution in [0.3, 0.4) is 0 Å². The second-order valence-electron chi connectivity index (χ2n) is 2.87. The molecule has 0 fully saturated rings. The Morgan fingerprint density at radius 2 is 1.75 bits per heavy atom. The number of rotatable bonds is 5. The van der Waals surface area contributed by atoms with Gasteiger partial charge in [0.15, 0.2) is 5.96 Å². The van der Waals surface area contributed by atoms with Gasteiger partial charge in [0.25, 0.3) is 0 Å². The third kappa shape index (κ3) is 17.9. The Morgan fingerprint density at radius 1 is 1.31 bits per heavy atom. The van der Waals surface area contributed by atoms with Crippen molar-refractivity contribution in [3.05, 3.63) is 0 Å². The first-order valence-electron chi connectivity index (χ1n) is 4.42. The number of aliphatic imine (C=N–C) groups is 1. The molecule has 0 aliphatic carbocycles. The molecule has 94 valence electrons. The van der Waals surface area contributed by atoms with Crippen LogP contribution in [0.15, 0.2) is 4.99 Å². The van der Waals surface area contributed by atoms with Gasteiger partial charge in [0.1, 0.15) is 0 Å².